The quantitative estimate of drug-likeness (QED) is 0.326. The molecule has 4 heteroatoms. The maximum Gasteiger partial charge on any atom is 0.0495 e. The van der Waals surface area contributed by atoms with E-state index in [-0.39, 0.29) is 0 Å². The average molecular weight is 387 g/mol. The van der Waals surface area contributed by atoms with Crippen LogP contribution in [0.3, 0.4) is 0 Å². The molecule has 0 N–H and O–H groups in total. The molecule has 0 aromatic heterocycles. The number of benzene rings is 4. The Labute approximate surface area is 158 Å². The smallest absolute Gasteiger partial charge is 0.0495 e. The third-order valence-electron chi connectivity index (χ3n) is 3.80. The highest BCUT2D eigenvalue weighted by Crippen LogP contribution is 2.42. The van der Waals surface area contributed by atoms with Gasteiger partial charge in [-0.1, -0.05) is 93.3 Å². The fourth-order valence-electron chi connectivity index (χ4n) is 2.67. The van der Waals surface area contributed by atoms with E-state index in [0.717, 1.165) is 41.4 Å². The number of hydrogen-bond donors (Lipinski definition) is 0. The van der Waals surface area contributed by atoms with Crippen LogP contribution in [0.25, 0.3) is 21.5 Å². The Morgan fingerprint density at radius 3 is 1.42 bits per heavy atom. The predicted octanol–water partition coefficient (Wildman–Crippen LogP) is 8.10. The molecule has 4 rings (SSSR count). The molecule has 24 heavy (non-hydrogen) atoms. The van der Waals surface area contributed by atoms with Gasteiger partial charge in [0.2, 0.25) is 0 Å². The molecule has 0 bridgehead atoms. The first kappa shape index (κ1) is 16.2. The van der Waals surface area contributed by atoms with E-state index in [1.165, 1.54) is 0 Å². The first-order chi connectivity index (χ1) is 11.7. The van der Waals surface area contributed by atoms with E-state index < -0.39 is 0 Å². The van der Waals surface area contributed by atoms with Gasteiger partial charge in [-0.3, -0.25) is 0 Å². The molecule has 0 saturated carbocycles. The monoisotopic (exact) mass is 386 g/mol. The molecule has 0 nitrogen and oxygen atoms in total. The lowest BCUT2D eigenvalue weighted by Crippen LogP contribution is -1.78. The van der Waals surface area contributed by atoms with Crippen LogP contribution >= 0.6 is 44.8 Å². The van der Waals surface area contributed by atoms with Crippen molar-refractivity contribution in [3.05, 3.63) is 82.8 Å². The van der Waals surface area contributed by atoms with Crippen molar-refractivity contribution >= 4 is 66.3 Å². The second-order valence-corrected chi connectivity index (χ2v) is 8.51. The molecule has 0 aliphatic carbocycles. The predicted molar refractivity (Wildman–Crippen MR) is 110 cm³/mol. The molecule has 4 aromatic rings. The molecule has 4 aromatic carbocycles. The van der Waals surface area contributed by atoms with Crippen LogP contribution < -0.4 is 0 Å². The van der Waals surface area contributed by atoms with Crippen molar-refractivity contribution in [1.82, 2.24) is 0 Å². The van der Waals surface area contributed by atoms with Crippen molar-refractivity contribution in [2.75, 3.05) is 0 Å². The van der Waals surface area contributed by atoms with Crippen molar-refractivity contribution < 1.29 is 0 Å². The van der Waals surface area contributed by atoms with Crippen LogP contribution in [-0.4, -0.2) is 0 Å². The highest BCUT2D eigenvalue weighted by Gasteiger charge is 2.06. The second-order valence-electron chi connectivity index (χ2n) is 5.42. The fraction of sp³-hybridized carbons (Fsp3) is 0. The van der Waals surface area contributed by atoms with Gasteiger partial charge in [-0.15, -0.1) is 0 Å². The van der Waals surface area contributed by atoms with E-state index in [9.17, 15) is 0 Å². The van der Waals surface area contributed by atoms with Crippen LogP contribution in [0, 0.1) is 0 Å². The zero-order chi connectivity index (χ0) is 16.5. The van der Waals surface area contributed by atoms with Crippen molar-refractivity contribution in [2.45, 2.75) is 9.79 Å². The summed E-state index contributed by atoms with van der Waals surface area (Å²) in [4.78, 5) is 2.26. The van der Waals surface area contributed by atoms with Gasteiger partial charge in [0.05, 0.1) is 0 Å². The minimum absolute atomic E-state index is 0.785. The number of rotatable bonds is 3. The largest absolute Gasteiger partial charge is 0.0836 e. The molecule has 0 saturated heterocycles. The van der Waals surface area contributed by atoms with Gasteiger partial charge in [0, 0.05) is 30.6 Å². The van der Waals surface area contributed by atoms with E-state index in [4.69, 9.17) is 23.2 Å². The summed E-state index contributed by atoms with van der Waals surface area (Å²) in [6, 6.07) is 24.7. The lowest BCUT2D eigenvalue weighted by Gasteiger charge is -2.07. The van der Waals surface area contributed by atoms with Gasteiger partial charge in [-0.2, -0.15) is 0 Å². The van der Waals surface area contributed by atoms with E-state index in [0.29, 0.717) is 0 Å². The van der Waals surface area contributed by atoms with E-state index in [2.05, 4.69) is 24.3 Å². The molecular weight excluding hydrogens is 375 g/mol. The van der Waals surface area contributed by atoms with Gasteiger partial charge < -0.3 is 0 Å². The Hall–Kier alpha value is -1.32. The molecular formula is C20H12Cl2S2. The van der Waals surface area contributed by atoms with Crippen molar-refractivity contribution in [3.63, 3.8) is 0 Å². The lowest BCUT2D eigenvalue weighted by atomic mass is 10.1. The van der Waals surface area contributed by atoms with Gasteiger partial charge in [0.25, 0.3) is 0 Å². The van der Waals surface area contributed by atoms with E-state index >= 15 is 0 Å². The number of fused-ring (bicyclic) bond motifs is 2. The molecule has 0 spiro atoms. The molecule has 0 amide bonds. The molecule has 0 heterocycles. The normalized spacial score (nSPS) is 11.2. The number of halogens is 2. The molecule has 0 radical (unpaired) electrons. The van der Waals surface area contributed by atoms with Crippen LogP contribution in [-0.2, 0) is 0 Å². The highest BCUT2D eigenvalue weighted by atomic mass is 35.5. The summed E-state index contributed by atoms with van der Waals surface area (Å²) in [6.45, 7) is 0. The Morgan fingerprint density at radius 2 is 0.958 bits per heavy atom. The van der Waals surface area contributed by atoms with Gasteiger partial charge in [0.15, 0.2) is 0 Å². The Balaban J connectivity index is 1.63. The van der Waals surface area contributed by atoms with Crippen molar-refractivity contribution in [2.24, 2.45) is 0 Å². The lowest BCUT2D eigenvalue weighted by molar-refractivity contribution is 1.51. The maximum absolute atomic E-state index is 6.40. The molecule has 0 aliphatic heterocycles. The summed E-state index contributed by atoms with van der Waals surface area (Å²) in [5.74, 6) is 0. The molecule has 0 atom stereocenters. The summed E-state index contributed by atoms with van der Waals surface area (Å²) in [5.41, 5.74) is 0. The van der Waals surface area contributed by atoms with Gasteiger partial charge in [0.1, 0.15) is 0 Å². The van der Waals surface area contributed by atoms with E-state index in [1.54, 1.807) is 21.6 Å². The molecule has 0 aliphatic rings. The third kappa shape index (κ3) is 3.25. The third-order valence-corrected chi connectivity index (χ3v) is 6.77. The summed E-state index contributed by atoms with van der Waals surface area (Å²) in [6.07, 6.45) is 0. The minimum atomic E-state index is 0.785. The van der Waals surface area contributed by atoms with Crippen LogP contribution in [0.4, 0.5) is 0 Å². The summed E-state index contributed by atoms with van der Waals surface area (Å²) < 4.78 is 0. The van der Waals surface area contributed by atoms with Gasteiger partial charge in [-0.25, -0.2) is 0 Å². The maximum atomic E-state index is 6.40. The Kier molecular flexibility index (Phi) is 4.64. The first-order valence-electron chi connectivity index (χ1n) is 7.42. The van der Waals surface area contributed by atoms with Gasteiger partial charge >= 0.3 is 0 Å². The van der Waals surface area contributed by atoms with Crippen molar-refractivity contribution in [3.8, 4) is 0 Å². The standard InChI is InChI=1S/C20H12Cl2S2/c21-19-11-15(9-13-5-1-3-7-17(13)19)23-24-16-10-14-6-2-4-8-18(14)20(22)12-16/h1-12H. The van der Waals surface area contributed by atoms with Crippen LogP contribution in [0.1, 0.15) is 0 Å². The highest BCUT2D eigenvalue weighted by molar-refractivity contribution is 8.76. The van der Waals surface area contributed by atoms with Crippen molar-refractivity contribution in [1.29, 1.82) is 0 Å². The first-order valence-corrected chi connectivity index (χ1v) is 10.3. The second kappa shape index (κ2) is 6.89. The van der Waals surface area contributed by atoms with Crippen LogP contribution in [0.2, 0.25) is 10.0 Å². The summed E-state index contributed by atoms with van der Waals surface area (Å²) in [5, 5.41) is 6.05. The summed E-state index contributed by atoms with van der Waals surface area (Å²) >= 11 is 12.8. The minimum Gasteiger partial charge on any atom is -0.0836 e. The fourth-order valence-corrected chi connectivity index (χ4v) is 5.41. The Morgan fingerprint density at radius 1 is 0.542 bits per heavy atom. The van der Waals surface area contributed by atoms with Gasteiger partial charge in [-0.05, 0) is 35.0 Å². The molecule has 0 fully saturated rings. The van der Waals surface area contributed by atoms with E-state index in [1.807, 2.05) is 48.5 Å². The average Bonchev–Trinajstić information content (AvgIpc) is 2.60. The molecule has 118 valence electrons. The summed E-state index contributed by atoms with van der Waals surface area (Å²) in [7, 11) is 3.39. The molecule has 0 unspecified atom stereocenters. The van der Waals surface area contributed by atoms with Crippen LogP contribution in [0.5, 0.6) is 0 Å². The zero-order valence-electron chi connectivity index (χ0n) is 12.5. The van der Waals surface area contributed by atoms with Crippen LogP contribution in [0.15, 0.2) is 82.6 Å². The topological polar surface area (TPSA) is 0 Å². The number of hydrogen-bond acceptors (Lipinski definition) is 2. The Bertz CT molecular complexity index is 959. The zero-order valence-corrected chi connectivity index (χ0v) is 15.6. The SMILES string of the molecule is Clc1cc(SSc2cc(Cl)c3ccccc3c2)cc2ccccc12.